The first-order valence-corrected chi connectivity index (χ1v) is 10.7. The largest absolute Gasteiger partial charge is 0.480 e. The smallest absolute Gasteiger partial charge is 0.328 e. The number of nitrogens with zero attached hydrogens (tertiary/aromatic N) is 1. The molecular weight excluding hydrogens is 436 g/mol. The molecule has 0 aliphatic carbocycles. The summed E-state index contributed by atoms with van der Waals surface area (Å²) in [5.41, 5.74) is 21.7. The summed E-state index contributed by atoms with van der Waals surface area (Å²) in [5, 5.41) is 25.9. The summed E-state index contributed by atoms with van der Waals surface area (Å²) in [7, 11) is 0. The lowest BCUT2D eigenvalue weighted by Crippen LogP contribution is -2.57. The second-order valence-corrected chi connectivity index (χ2v) is 7.70. The van der Waals surface area contributed by atoms with E-state index in [4.69, 9.17) is 28.0 Å². The maximum absolute atomic E-state index is 12.6. The molecule has 0 heterocycles. The highest BCUT2D eigenvalue weighted by Crippen LogP contribution is 2.04. The molecule has 0 bridgehead atoms. The molecule has 0 aliphatic rings. The SMILES string of the molecule is CC(NC(=O)C(N)CCCN=C(N)N)C(=O)NC(CCCCN)C(=O)NC(C(=O)O)C(C)O. The molecule has 0 spiro atoms. The van der Waals surface area contributed by atoms with Gasteiger partial charge in [-0.25, -0.2) is 4.79 Å². The average Bonchev–Trinajstić information content (AvgIpc) is 2.73. The van der Waals surface area contributed by atoms with Gasteiger partial charge < -0.3 is 49.1 Å². The fourth-order valence-corrected chi connectivity index (χ4v) is 2.74. The van der Waals surface area contributed by atoms with E-state index in [1.54, 1.807) is 0 Å². The van der Waals surface area contributed by atoms with Gasteiger partial charge in [-0.05, 0) is 52.5 Å². The molecule has 0 aliphatic heterocycles. The Bertz CT molecular complexity index is 683. The van der Waals surface area contributed by atoms with Crippen molar-refractivity contribution < 1.29 is 29.4 Å². The maximum atomic E-state index is 12.6. The highest BCUT2D eigenvalue weighted by molar-refractivity contribution is 5.93. The Morgan fingerprint density at radius 2 is 1.55 bits per heavy atom. The third kappa shape index (κ3) is 12.6. The van der Waals surface area contributed by atoms with Gasteiger partial charge >= 0.3 is 5.97 Å². The summed E-state index contributed by atoms with van der Waals surface area (Å²) < 4.78 is 0. The second-order valence-electron chi connectivity index (χ2n) is 7.70. The van der Waals surface area contributed by atoms with Crippen LogP contribution in [0.4, 0.5) is 0 Å². The first-order valence-electron chi connectivity index (χ1n) is 10.7. The van der Waals surface area contributed by atoms with Gasteiger partial charge in [0, 0.05) is 6.54 Å². The number of nitrogens with two attached hydrogens (primary N) is 4. The minimum absolute atomic E-state index is 0.0634. The molecule has 5 atom stereocenters. The van der Waals surface area contributed by atoms with Crippen LogP contribution in [-0.2, 0) is 19.2 Å². The number of aliphatic hydroxyl groups is 1. The number of guanidine groups is 1. The maximum Gasteiger partial charge on any atom is 0.328 e. The average molecular weight is 475 g/mol. The lowest BCUT2D eigenvalue weighted by Gasteiger charge is -2.24. The Hall–Kier alpha value is -2.97. The first kappa shape index (κ1) is 30.0. The summed E-state index contributed by atoms with van der Waals surface area (Å²) in [6.45, 7) is 3.33. The third-order valence-electron chi connectivity index (χ3n) is 4.68. The number of unbranched alkanes of at least 4 members (excludes halogenated alkanes) is 1. The molecule has 0 radical (unpaired) electrons. The number of hydrogen-bond acceptors (Lipinski definition) is 8. The molecule has 0 saturated heterocycles. The number of aliphatic hydroxyl groups excluding tert-OH is 1. The second kappa shape index (κ2) is 15.8. The van der Waals surface area contributed by atoms with Crippen LogP contribution in [0.15, 0.2) is 4.99 Å². The van der Waals surface area contributed by atoms with Crippen molar-refractivity contribution in [1.82, 2.24) is 16.0 Å². The number of hydrogen-bond donors (Lipinski definition) is 9. The van der Waals surface area contributed by atoms with E-state index < -0.39 is 54.0 Å². The monoisotopic (exact) mass is 474 g/mol. The van der Waals surface area contributed by atoms with Crippen molar-refractivity contribution in [3.63, 3.8) is 0 Å². The standard InChI is InChI=1S/C19H38N8O6/c1-10(25-16(30)12(21)6-5-9-24-19(22)23)15(29)26-13(7-3-4-8-20)17(31)27-14(11(2)28)18(32)33/h10-14,28H,3-9,20-21H2,1-2H3,(H,25,30)(H,26,29)(H,27,31)(H,32,33)(H4,22,23,24). The van der Waals surface area contributed by atoms with E-state index in [9.17, 15) is 24.3 Å². The Morgan fingerprint density at radius 3 is 2.06 bits per heavy atom. The normalized spacial score (nSPS) is 15.3. The zero-order valence-corrected chi connectivity index (χ0v) is 19.1. The number of aliphatic imine (C=N–C) groups is 1. The van der Waals surface area contributed by atoms with Crippen molar-refractivity contribution in [2.75, 3.05) is 13.1 Å². The van der Waals surface area contributed by atoms with E-state index >= 15 is 0 Å². The van der Waals surface area contributed by atoms with E-state index in [0.29, 0.717) is 32.4 Å². The molecule has 14 nitrogen and oxygen atoms in total. The minimum atomic E-state index is -1.54. The van der Waals surface area contributed by atoms with Gasteiger partial charge in [0.15, 0.2) is 12.0 Å². The van der Waals surface area contributed by atoms with Crippen LogP contribution >= 0.6 is 0 Å². The van der Waals surface area contributed by atoms with Gasteiger partial charge in [-0.2, -0.15) is 0 Å². The highest BCUT2D eigenvalue weighted by Gasteiger charge is 2.30. The summed E-state index contributed by atoms with van der Waals surface area (Å²) in [4.78, 5) is 52.4. The van der Waals surface area contributed by atoms with E-state index in [1.807, 2.05) is 0 Å². The number of carbonyl (C=O) groups excluding carboxylic acids is 3. The molecule has 0 rings (SSSR count). The van der Waals surface area contributed by atoms with Gasteiger partial charge in [0.2, 0.25) is 17.7 Å². The first-order chi connectivity index (χ1) is 15.4. The summed E-state index contributed by atoms with van der Waals surface area (Å²) in [5.74, 6) is -3.48. The van der Waals surface area contributed by atoms with Crippen LogP contribution < -0.4 is 38.9 Å². The predicted molar refractivity (Wildman–Crippen MR) is 122 cm³/mol. The van der Waals surface area contributed by atoms with Crippen molar-refractivity contribution in [3.05, 3.63) is 0 Å². The van der Waals surface area contributed by atoms with Gasteiger partial charge in [-0.15, -0.1) is 0 Å². The molecule has 0 fully saturated rings. The zero-order chi connectivity index (χ0) is 25.6. The lowest BCUT2D eigenvalue weighted by molar-refractivity contribution is -0.145. The van der Waals surface area contributed by atoms with E-state index in [0.717, 1.165) is 0 Å². The van der Waals surface area contributed by atoms with Crippen molar-refractivity contribution in [3.8, 4) is 0 Å². The lowest BCUT2D eigenvalue weighted by atomic mass is 10.1. The predicted octanol–water partition coefficient (Wildman–Crippen LogP) is -3.56. The number of carboxylic acid groups (broad SMARTS) is 1. The van der Waals surface area contributed by atoms with Crippen molar-refractivity contribution in [2.24, 2.45) is 27.9 Å². The Balaban J connectivity index is 4.97. The van der Waals surface area contributed by atoms with Crippen LogP contribution in [0.5, 0.6) is 0 Å². The summed E-state index contributed by atoms with van der Waals surface area (Å²) in [6, 6.07) is -4.53. The molecule has 5 unspecified atom stereocenters. The topological polar surface area (TPSA) is 261 Å². The fourth-order valence-electron chi connectivity index (χ4n) is 2.74. The van der Waals surface area contributed by atoms with Crippen LogP contribution in [-0.4, -0.2) is 83.2 Å². The van der Waals surface area contributed by atoms with E-state index in [2.05, 4.69) is 20.9 Å². The van der Waals surface area contributed by atoms with Gasteiger partial charge in [0.1, 0.15) is 12.1 Å². The van der Waals surface area contributed by atoms with E-state index in [1.165, 1.54) is 13.8 Å². The van der Waals surface area contributed by atoms with Crippen LogP contribution in [0.25, 0.3) is 0 Å². The number of aliphatic carboxylic acids is 1. The molecule has 0 saturated carbocycles. The zero-order valence-electron chi connectivity index (χ0n) is 19.1. The minimum Gasteiger partial charge on any atom is -0.480 e. The number of nitrogens with one attached hydrogen (secondary N) is 3. The number of amides is 3. The summed E-state index contributed by atoms with van der Waals surface area (Å²) >= 11 is 0. The number of rotatable bonds is 16. The molecular formula is C19H38N8O6. The van der Waals surface area contributed by atoms with Crippen LogP contribution in [0, 0.1) is 0 Å². The van der Waals surface area contributed by atoms with Crippen molar-refractivity contribution >= 4 is 29.7 Å². The molecule has 33 heavy (non-hydrogen) atoms. The van der Waals surface area contributed by atoms with E-state index in [-0.39, 0.29) is 18.8 Å². The molecule has 0 aromatic carbocycles. The quantitative estimate of drug-likeness (QED) is 0.0603. The Kier molecular flexibility index (Phi) is 14.4. The highest BCUT2D eigenvalue weighted by atomic mass is 16.4. The van der Waals surface area contributed by atoms with Gasteiger partial charge in [0.25, 0.3) is 0 Å². The molecule has 3 amide bonds. The molecule has 190 valence electrons. The van der Waals surface area contributed by atoms with Gasteiger partial charge in [-0.3, -0.25) is 19.4 Å². The van der Waals surface area contributed by atoms with Gasteiger partial charge in [-0.1, -0.05) is 0 Å². The van der Waals surface area contributed by atoms with Crippen LogP contribution in [0.1, 0.15) is 46.0 Å². The Morgan fingerprint density at radius 1 is 0.909 bits per heavy atom. The Labute approximate surface area is 192 Å². The molecule has 0 aromatic rings. The number of carbonyl (C=O) groups is 4. The molecule has 13 N–H and O–H groups in total. The van der Waals surface area contributed by atoms with Crippen LogP contribution in [0.2, 0.25) is 0 Å². The summed E-state index contributed by atoms with van der Waals surface area (Å²) in [6.07, 6.45) is 0.661. The molecule has 14 heteroatoms. The third-order valence-corrected chi connectivity index (χ3v) is 4.68. The van der Waals surface area contributed by atoms with Crippen molar-refractivity contribution in [2.45, 2.75) is 76.2 Å². The fraction of sp³-hybridized carbons (Fsp3) is 0.737. The number of carboxylic acids is 1. The van der Waals surface area contributed by atoms with Gasteiger partial charge in [0.05, 0.1) is 12.1 Å². The van der Waals surface area contributed by atoms with Crippen LogP contribution in [0.3, 0.4) is 0 Å². The van der Waals surface area contributed by atoms with Crippen molar-refractivity contribution in [1.29, 1.82) is 0 Å². The molecule has 0 aromatic heterocycles.